The SMILES string of the molecule is Cc1ccc(C(=O)[C@](O)(C(=O)O)[C@@](O)(C(=O)O)C(=O)c2ccc(C)cc2)cc1.[N-]=[N+]=NCCOCCOCCOCCN. The Morgan fingerprint density at radius 1 is 0.721 bits per heavy atom. The van der Waals surface area contributed by atoms with Crippen molar-refractivity contribution in [1.29, 1.82) is 0 Å². The maximum Gasteiger partial charge on any atom is 0.348 e. The monoisotopic (exact) mass is 604 g/mol. The van der Waals surface area contributed by atoms with Gasteiger partial charge in [0.05, 0.1) is 39.6 Å². The van der Waals surface area contributed by atoms with E-state index in [1.54, 1.807) is 13.8 Å². The molecular formula is C28H36N4O11. The third-order valence-corrected chi connectivity index (χ3v) is 5.83. The van der Waals surface area contributed by atoms with Gasteiger partial charge in [-0.2, -0.15) is 0 Å². The number of carboxylic acids is 2. The van der Waals surface area contributed by atoms with Crippen LogP contribution in [0, 0.1) is 13.8 Å². The van der Waals surface area contributed by atoms with Crippen LogP contribution in [-0.4, -0.2) is 108 Å². The van der Waals surface area contributed by atoms with Crippen LogP contribution in [0.25, 0.3) is 10.4 Å². The molecule has 0 heterocycles. The van der Waals surface area contributed by atoms with E-state index in [1.165, 1.54) is 24.3 Å². The Hall–Kier alpha value is -4.21. The number of aliphatic carboxylic acids is 2. The van der Waals surface area contributed by atoms with E-state index in [0.29, 0.717) is 63.9 Å². The van der Waals surface area contributed by atoms with Gasteiger partial charge >= 0.3 is 11.9 Å². The van der Waals surface area contributed by atoms with Crippen molar-refractivity contribution < 1.29 is 53.8 Å². The number of hydrogen-bond acceptors (Lipinski definition) is 11. The number of ether oxygens (including phenoxy) is 3. The van der Waals surface area contributed by atoms with Gasteiger partial charge in [0.15, 0.2) is 0 Å². The second-order valence-corrected chi connectivity index (χ2v) is 9.00. The predicted octanol–water partition coefficient (Wildman–Crippen LogP) is 1.31. The third kappa shape index (κ3) is 10.2. The first-order chi connectivity index (χ1) is 20.4. The quantitative estimate of drug-likeness (QED) is 0.0403. The van der Waals surface area contributed by atoms with Crippen LogP contribution < -0.4 is 5.73 Å². The van der Waals surface area contributed by atoms with Gasteiger partial charge in [-0.15, -0.1) is 0 Å². The molecule has 0 radical (unpaired) electrons. The van der Waals surface area contributed by atoms with E-state index in [0.717, 1.165) is 24.3 Å². The zero-order chi connectivity index (χ0) is 32.5. The van der Waals surface area contributed by atoms with Crippen molar-refractivity contribution in [2.45, 2.75) is 25.0 Å². The minimum absolute atomic E-state index is 0.357. The Bertz CT molecular complexity index is 1180. The number of azide groups is 1. The molecular weight excluding hydrogens is 568 g/mol. The summed E-state index contributed by atoms with van der Waals surface area (Å²) < 4.78 is 15.4. The molecule has 0 unspecified atom stereocenters. The second kappa shape index (κ2) is 18.4. The lowest BCUT2D eigenvalue weighted by atomic mass is 9.73. The summed E-state index contributed by atoms with van der Waals surface area (Å²) in [6.45, 7) is 7.36. The molecule has 15 heteroatoms. The smallest absolute Gasteiger partial charge is 0.348 e. The summed E-state index contributed by atoms with van der Waals surface area (Å²) in [6.07, 6.45) is 0. The number of nitrogens with zero attached hydrogens (tertiary/aromatic N) is 3. The topological polar surface area (TPSA) is 252 Å². The van der Waals surface area contributed by atoms with Crippen molar-refractivity contribution in [2.24, 2.45) is 10.8 Å². The van der Waals surface area contributed by atoms with Crippen LogP contribution in [0.2, 0.25) is 0 Å². The largest absolute Gasteiger partial charge is 0.479 e. The van der Waals surface area contributed by atoms with Gasteiger partial charge in [0.2, 0.25) is 11.6 Å². The minimum atomic E-state index is -3.96. The van der Waals surface area contributed by atoms with Crippen LogP contribution in [0.15, 0.2) is 53.6 Å². The average molecular weight is 605 g/mol. The molecule has 2 rings (SSSR count). The molecule has 0 saturated carbocycles. The van der Waals surface area contributed by atoms with Gasteiger partial charge in [-0.3, -0.25) is 9.59 Å². The van der Waals surface area contributed by atoms with E-state index in [-0.39, 0.29) is 11.1 Å². The highest BCUT2D eigenvalue weighted by atomic mass is 16.5. The molecule has 0 amide bonds. The number of aliphatic hydroxyl groups is 2. The first-order valence-electron chi connectivity index (χ1n) is 13.0. The fourth-order valence-electron chi connectivity index (χ4n) is 3.44. The highest BCUT2D eigenvalue weighted by Gasteiger charge is 2.69. The van der Waals surface area contributed by atoms with Crippen LogP contribution >= 0.6 is 0 Å². The Balaban J connectivity index is 0.000000523. The van der Waals surface area contributed by atoms with Crippen molar-refractivity contribution in [2.75, 3.05) is 52.7 Å². The number of carbonyl (C=O) groups excluding carboxylic acids is 2. The number of carboxylic acid groups (broad SMARTS) is 2. The summed E-state index contributed by atoms with van der Waals surface area (Å²) in [4.78, 5) is 51.7. The Morgan fingerprint density at radius 3 is 1.40 bits per heavy atom. The number of Topliss-reactive ketones (excluding diaryl/α,β-unsaturated/α-hetero) is 2. The minimum Gasteiger partial charge on any atom is -0.479 e. The molecule has 0 aliphatic heterocycles. The van der Waals surface area contributed by atoms with Crippen molar-refractivity contribution in [1.82, 2.24) is 0 Å². The summed E-state index contributed by atoms with van der Waals surface area (Å²) in [6, 6.07) is 10.3. The predicted molar refractivity (Wildman–Crippen MR) is 152 cm³/mol. The molecule has 0 saturated heterocycles. The Morgan fingerprint density at radius 2 is 1.07 bits per heavy atom. The number of hydrogen-bond donors (Lipinski definition) is 5. The van der Waals surface area contributed by atoms with Gasteiger partial charge < -0.3 is 40.4 Å². The van der Waals surface area contributed by atoms with Gasteiger partial charge in [-0.25, -0.2) is 9.59 Å². The lowest BCUT2D eigenvalue weighted by molar-refractivity contribution is -0.187. The molecule has 2 aromatic carbocycles. The maximum atomic E-state index is 12.8. The van der Waals surface area contributed by atoms with Crippen LogP contribution in [-0.2, 0) is 23.8 Å². The van der Waals surface area contributed by atoms with E-state index in [9.17, 15) is 39.6 Å². The van der Waals surface area contributed by atoms with E-state index < -0.39 is 34.7 Å². The molecule has 0 aliphatic rings. The number of ketones is 2. The number of carbonyl (C=O) groups is 4. The molecule has 6 N–H and O–H groups in total. The molecule has 15 nitrogen and oxygen atoms in total. The molecule has 2 atom stereocenters. The molecule has 234 valence electrons. The van der Waals surface area contributed by atoms with Gasteiger partial charge in [0, 0.05) is 29.1 Å². The number of rotatable bonds is 18. The van der Waals surface area contributed by atoms with E-state index in [1.807, 2.05) is 0 Å². The third-order valence-electron chi connectivity index (χ3n) is 5.83. The Labute approximate surface area is 247 Å². The summed E-state index contributed by atoms with van der Waals surface area (Å²) in [5.74, 6) is -8.01. The van der Waals surface area contributed by atoms with Gasteiger partial charge in [-0.05, 0) is 19.4 Å². The van der Waals surface area contributed by atoms with E-state index >= 15 is 0 Å². The lowest BCUT2D eigenvalue weighted by Gasteiger charge is -2.34. The first kappa shape index (κ1) is 36.8. The van der Waals surface area contributed by atoms with Crippen LogP contribution in [0.1, 0.15) is 31.8 Å². The normalized spacial score (nSPS) is 13.3. The van der Waals surface area contributed by atoms with Crippen LogP contribution in [0.4, 0.5) is 0 Å². The fraction of sp³-hybridized carbons (Fsp3) is 0.429. The highest BCUT2D eigenvalue weighted by molar-refractivity contribution is 6.28. The summed E-state index contributed by atoms with van der Waals surface area (Å²) in [5, 5.41) is 43.6. The molecule has 43 heavy (non-hydrogen) atoms. The second-order valence-electron chi connectivity index (χ2n) is 9.00. The summed E-state index contributed by atoms with van der Waals surface area (Å²) in [7, 11) is 0. The zero-order valence-corrected chi connectivity index (χ0v) is 23.8. The summed E-state index contributed by atoms with van der Waals surface area (Å²) >= 11 is 0. The maximum absolute atomic E-state index is 12.8. The van der Waals surface area contributed by atoms with Crippen molar-refractivity contribution in [3.63, 3.8) is 0 Å². The number of nitrogens with two attached hydrogens (primary N) is 1. The molecule has 0 aliphatic carbocycles. The highest BCUT2D eigenvalue weighted by Crippen LogP contribution is 2.32. The zero-order valence-electron chi connectivity index (χ0n) is 23.8. The van der Waals surface area contributed by atoms with Crippen molar-refractivity contribution in [3.8, 4) is 0 Å². The van der Waals surface area contributed by atoms with Crippen molar-refractivity contribution >= 4 is 23.5 Å². The van der Waals surface area contributed by atoms with Crippen molar-refractivity contribution in [3.05, 3.63) is 81.2 Å². The standard InChI is InChI=1S/C20H18O8.C8H18N4O3/c1-11-3-7-13(8-4-11)15(21)19(27,17(23)24)20(28,18(25)26)16(22)14-9-5-12(2)6-10-14;9-1-3-13-5-7-15-8-6-14-4-2-11-12-10/h3-10,27-28H,1-2H3,(H,23,24)(H,25,26);1-9H2/t19-,20-;/m0./s1. The molecule has 2 aromatic rings. The Kier molecular flexibility index (Phi) is 15.7. The van der Waals surface area contributed by atoms with Gasteiger partial charge in [0.1, 0.15) is 0 Å². The first-order valence-corrected chi connectivity index (χ1v) is 13.0. The summed E-state index contributed by atoms with van der Waals surface area (Å²) in [5.41, 5.74) is 5.92. The number of aryl methyl sites for hydroxylation is 2. The van der Waals surface area contributed by atoms with Crippen LogP contribution in [0.3, 0.4) is 0 Å². The molecule has 0 fully saturated rings. The van der Waals surface area contributed by atoms with Gasteiger partial charge in [0.25, 0.3) is 11.2 Å². The number of benzene rings is 2. The van der Waals surface area contributed by atoms with E-state index in [2.05, 4.69) is 10.0 Å². The van der Waals surface area contributed by atoms with Gasteiger partial charge in [-0.1, -0.05) is 64.8 Å². The van der Waals surface area contributed by atoms with Crippen LogP contribution in [0.5, 0.6) is 0 Å². The molecule has 0 spiro atoms. The molecule has 0 bridgehead atoms. The van der Waals surface area contributed by atoms with E-state index in [4.69, 9.17) is 25.5 Å². The average Bonchev–Trinajstić information content (AvgIpc) is 2.99. The molecule has 0 aromatic heterocycles. The lowest BCUT2D eigenvalue weighted by Crippen LogP contribution is -2.71. The fourth-order valence-corrected chi connectivity index (χ4v) is 3.44.